The molecule has 27 heavy (non-hydrogen) atoms. The summed E-state index contributed by atoms with van der Waals surface area (Å²) in [5.41, 5.74) is 1.12. The van der Waals surface area contributed by atoms with Crippen LogP contribution < -0.4 is 9.47 Å². The third kappa shape index (κ3) is 4.98. The highest BCUT2D eigenvalue weighted by atomic mass is 35.5. The number of methoxy groups -OCH3 is 2. The third-order valence-corrected chi connectivity index (χ3v) is 4.22. The highest BCUT2D eigenvalue weighted by Gasteiger charge is 2.21. The molecule has 144 valence electrons. The summed E-state index contributed by atoms with van der Waals surface area (Å²) in [6.45, 7) is 1.85. The Morgan fingerprint density at radius 2 is 1.78 bits per heavy atom. The van der Waals surface area contributed by atoms with Crippen molar-refractivity contribution in [2.75, 3.05) is 20.8 Å². The van der Waals surface area contributed by atoms with E-state index in [2.05, 4.69) is 0 Å². The Morgan fingerprint density at radius 3 is 2.41 bits per heavy atom. The van der Waals surface area contributed by atoms with Crippen LogP contribution in [-0.2, 0) is 16.0 Å². The van der Waals surface area contributed by atoms with Gasteiger partial charge in [0, 0.05) is 12.5 Å². The number of esters is 1. The second kappa shape index (κ2) is 9.37. The molecule has 0 saturated carbocycles. The summed E-state index contributed by atoms with van der Waals surface area (Å²) >= 11 is 5.84. The number of rotatable bonds is 8. The minimum atomic E-state index is -0.622. The van der Waals surface area contributed by atoms with Crippen molar-refractivity contribution in [3.8, 4) is 11.5 Å². The predicted octanol–water partition coefficient (Wildman–Crippen LogP) is 4.22. The number of benzene rings is 2. The lowest BCUT2D eigenvalue weighted by atomic mass is 9.98. The van der Waals surface area contributed by atoms with Crippen molar-refractivity contribution < 1.29 is 28.2 Å². The topological polar surface area (TPSA) is 61.8 Å². The number of hydrogen-bond acceptors (Lipinski definition) is 5. The molecule has 0 unspecified atom stereocenters. The molecule has 7 heteroatoms. The summed E-state index contributed by atoms with van der Waals surface area (Å²) in [6, 6.07) is 7.78. The summed E-state index contributed by atoms with van der Waals surface area (Å²) in [5, 5.41) is 0.0126. The zero-order chi connectivity index (χ0) is 20.0. The van der Waals surface area contributed by atoms with Gasteiger partial charge >= 0.3 is 5.97 Å². The van der Waals surface area contributed by atoms with Crippen molar-refractivity contribution in [1.29, 1.82) is 0 Å². The van der Waals surface area contributed by atoms with Gasteiger partial charge in [-0.15, -0.1) is 0 Å². The molecule has 0 aliphatic heterocycles. The SMILES string of the molecule is CCOC(=O)CC(=O)c1cc(Cc2cccc(Cl)c2F)c(OC)cc1OC. The summed E-state index contributed by atoms with van der Waals surface area (Å²) in [4.78, 5) is 24.2. The summed E-state index contributed by atoms with van der Waals surface area (Å²) < 4.78 is 29.7. The standard InChI is InChI=1S/C20H20ClFO5/c1-4-27-19(24)10-16(23)14-9-13(17(25-2)11-18(14)26-3)8-12-6-5-7-15(21)20(12)22/h5-7,9,11H,4,8,10H2,1-3H3. The molecular weight excluding hydrogens is 375 g/mol. The molecule has 5 nitrogen and oxygen atoms in total. The van der Waals surface area contributed by atoms with Gasteiger partial charge in [0.15, 0.2) is 5.78 Å². The smallest absolute Gasteiger partial charge is 0.313 e. The maximum absolute atomic E-state index is 14.3. The Morgan fingerprint density at radius 1 is 1.07 bits per heavy atom. The molecule has 0 heterocycles. The summed E-state index contributed by atoms with van der Waals surface area (Å²) in [7, 11) is 2.87. The van der Waals surface area contributed by atoms with Crippen LogP contribution in [0.15, 0.2) is 30.3 Å². The maximum atomic E-state index is 14.3. The van der Waals surface area contributed by atoms with Crippen LogP contribution in [0.1, 0.15) is 34.8 Å². The second-order valence-electron chi connectivity index (χ2n) is 5.66. The van der Waals surface area contributed by atoms with Crippen LogP contribution in [0.3, 0.4) is 0 Å². The molecule has 0 fully saturated rings. The zero-order valence-electron chi connectivity index (χ0n) is 15.3. The van der Waals surface area contributed by atoms with Gasteiger partial charge in [-0.2, -0.15) is 0 Å². The predicted molar refractivity (Wildman–Crippen MR) is 99.3 cm³/mol. The molecule has 0 bridgehead atoms. The Kier molecular flexibility index (Phi) is 7.19. The van der Waals surface area contributed by atoms with Crippen LogP contribution >= 0.6 is 11.6 Å². The van der Waals surface area contributed by atoms with Crippen LogP contribution in [-0.4, -0.2) is 32.6 Å². The Labute approximate surface area is 162 Å². The number of carbonyl (C=O) groups excluding carboxylic acids is 2. The first-order valence-electron chi connectivity index (χ1n) is 8.27. The Bertz CT molecular complexity index is 851. The molecule has 0 spiro atoms. The molecule has 0 saturated heterocycles. The van der Waals surface area contributed by atoms with Gasteiger partial charge in [-0.3, -0.25) is 9.59 Å². The Hall–Kier alpha value is -2.60. The molecule has 0 aromatic heterocycles. The lowest BCUT2D eigenvalue weighted by Gasteiger charge is -2.15. The normalized spacial score (nSPS) is 10.4. The minimum absolute atomic E-state index is 0.0126. The van der Waals surface area contributed by atoms with Gasteiger partial charge in [-0.05, 0) is 30.2 Å². The van der Waals surface area contributed by atoms with Gasteiger partial charge in [-0.1, -0.05) is 23.7 Å². The van der Waals surface area contributed by atoms with E-state index >= 15 is 0 Å². The number of halogens is 2. The second-order valence-corrected chi connectivity index (χ2v) is 6.07. The summed E-state index contributed by atoms with van der Waals surface area (Å²) in [5.74, 6) is -0.921. The monoisotopic (exact) mass is 394 g/mol. The van der Waals surface area contributed by atoms with E-state index in [0.29, 0.717) is 16.9 Å². The average Bonchev–Trinajstić information content (AvgIpc) is 2.65. The fourth-order valence-electron chi connectivity index (χ4n) is 2.65. The van der Waals surface area contributed by atoms with Crippen molar-refractivity contribution in [2.45, 2.75) is 19.8 Å². The van der Waals surface area contributed by atoms with Gasteiger partial charge < -0.3 is 14.2 Å². The van der Waals surface area contributed by atoms with E-state index in [0.717, 1.165) is 0 Å². The molecule has 0 aliphatic rings. The van der Waals surface area contributed by atoms with Crippen molar-refractivity contribution >= 4 is 23.4 Å². The average molecular weight is 395 g/mol. The van der Waals surface area contributed by atoms with Crippen LogP contribution in [0, 0.1) is 5.82 Å². The minimum Gasteiger partial charge on any atom is -0.496 e. The molecular formula is C20H20ClFO5. The third-order valence-electron chi connectivity index (χ3n) is 3.93. The van der Waals surface area contributed by atoms with E-state index in [1.165, 1.54) is 26.4 Å². The van der Waals surface area contributed by atoms with Gasteiger partial charge in [0.2, 0.25) is 0 Å². The van der Waals surface area contributed by atoms with Crippen LogP contribution in [0.4, 0.5) is 4.39 Å². The van der Waals surface area contributed by atoms with Gasteiger partial charge in [0.05, 0.1) is 31.4 Å². The number of carbonyl (C=O) groups is 2. The number of ketones is 1. The van der Waals surface area contributed by atoms with E-state index in [4.69, 9.17) is 25.8 Å². The van der Waals surface area contributed by atoms with Crippen LogP contribution in [0.2, 0.25) is 5.02 Å². The van der Waals surface area contributed by atoms with E-state index in [9.17, 15) is 14.0 Å². The quantitative estimate of drug-likeness (QED) is 0.381. The van der Waals surface area contributed by atoms with Crippen molar-refractivity contribution in [3.05, 3.63) is 57.9 Å². The van der Waals surface area contributed by atoms with Gasteiger partial charge in [-0.25, -0.2) is 4.39 Å². The van der Waals surface area contributed by atoms with Crippen molar-refractivity contribution in [2.24, 2.45) is 0 Å². The van der Waals surface area contributed by atoms with Crippen LogP contribution in [0.25, 0.3) is 0 Å². The molecule has 0 radical (unpaired) electrons. The van der Waals surface area contributed by atoms with Gasteiger partial charge in [0.25, 0.3) is 0 Å². The first-order chi connectivity index (χ1) is 12.9. The fraction of sp³-hybridized carbons (Fsp3) is 0.300. The van der Waals surface area contributed by atoms with Crippen molar-refractivity contribution in [1.82, 2.24) is 0 Å². The van der Waals surface area contributed by atoms with E-state index in [1.54, 1.807) is 25.1 Å². The first kappa shape index (κ1) is 20.7. The maximum Gasteiger partial charge on any atom is 0.313 e. The molecule has 0 N–H and O–H groups in total. The molecule has 2 aromatic carbocycles. The van der Waals surface area contributed by atoms with E-state index in [-0.39, 0.29) is 29.4 Å². The summed E-state index contributed by atoms with van der Waals surface area (Å²) in [6.07, 6.45) is -0.263. The molecule has 0 aliphatic carbocycles. The van der Waals surface area contributed by atoms with E-state index in [1.807, 2.05) is 0 Å². The van der Waals surface area contributed by atoms with Crippen molar-refractivity contribution in [3.63, 3.8) is 0 Å². The highest BCUT2D eigenvalue weighted by Crippen LogP contribution is 2.32. The number of ether oxygens (including phenoxy) is 3. The largest absolute Gasteiger partial charge is 0.496 e. The molecule has 2 rings (SSSR count). The number of hydrogen-bond donors (Lipinski definition) is 0. The Balaban J connectivity index is 2.43. The first-order valence-corrected chi connectivity index (χ1v) is 8.65. The highest BCUT2D eigenvalue weighted by molar-refractivity contribution is 6.30. The fourth-order valence-corrected chi connectivity index (χ4v) is 2.84. The van der Waals surface area contributed by atoms with E-state index < -0.39 is 24.0 Å². The molecule has 0 amide bonds. The lowest BCUT2D eigenvalue weighted by Crippen LogP contribution is -2.13. The van der Waals surface area contributed by atoms with Crippen LogP contribution in [0.5, 0.6) is 11.5 Å². The zero-order valence-corrected chi connectivity index (χ0v) is 16.1. The molecule has 0 atom stereocenters. The molecule has 2 aromatic rings. The lowest BCUT2D eigenvalue weighted by molar-refractivity contribution is -0.141. The number of Topliss-reactive ketones (excluding diaryl/α,β-unsaturated/α-hetero) is 1. The van der Waals surface area contributed by atoms with Gasteiger partial charge in [0.1, 0.15) is 23.7 Å².